The Labute approximate surface area is 92.0 Å². The largest absolute Gasteiger partial charge is 0.317 e. The summed E-state index contributed by atoms with van der Waals surface area (Å²) in [6.45, 7) is 0.491. The third kappa shape index (κ3) is 1.64. The van der Waals surface area contributed by atoms with Gasteiger partial charge in [-0.2, -0.15) is 15.6 Å². The van der Waals surface area contributed by atoms with Crippen LogP contribution in [0.5, 0.6) is 0 Å². The molecule has 2 heterocycles. The van der Waals surface area contributed by atoms with Gasteiger partial charge in [0.25, 0.3) is 0 Å². The van der Waals surface area contributed by atoms with Crippen LogP contribution in [0.4, 0.5) is 0 Å². The Balaban J connectivity index is 2.33. The Morgan fingerprint density at radius 1 is 1.38 bits per heavy atom. The number of aromatic nitrogens is 4. The Kier molecular flexibility index (Phi) is 2.40. The predicted molar refractivity (Wildman–Crippen MR) is 54.0 cm³/mol. The van der Waals surface area contributed by atoms with E-state index in [1.807, 2.05) is 25.4 Å². The van der Waals surface area contributed by atoms with Gasteiger partial charge in [-0.25, -0.2) is 4.98 Å². The summed E-state index contributed by atoms with van der Waals surface area (Å²) >= 11 is 0. The molecule has 0 fully saturated rings. The maximum absolute atomic E-state index is 8.92. The zero-order valence-corrected chi connectivity index (χ0v) is 8.62. The van der Waals surface area contributed by atoms with Gasteiger partial charge in [-0.15, -0.1) is 0 Å². The zero-order valence-electron chi connectivity index (χ0n) is 8.62. The molecule has 78 valence electrons. The average molecular weight is 212 g/mol. The van der Waals surface area contributed by atoms with Gasteiger partial charge in [-0.3, -0.25) is 4.68 Å². The summed E-state index contributed by atoms with van der Waals surface area (Å²) in [5, 5.41) is 21.7. The van der Waals surface area contributed by atoms with Gasteiger partial charge >= 0.3 is 0 Å². The number of hydrogen-bond acceptors (Lipinski definition) is 4. The first-order chi connectivity index (χ1) is 7.74. The van der Waals surface area contributed by atoms with E-state index in [-0.39, 0.29) is 11.4 Å². The van der Waals surface area contributed by atoms with E-state index >= 15 is 0 Å². The number of nitriles is 2. The van der Waals surface area contributed by atoms with Crippen LogP contribution in [0.1, 0.15) is 17.0 Å². The minimum atomic E-state index is 0.159. The summed E-state index contributed by atoms with van der Waals surface area (Å²) in [5.41, 5.74) is 1.40. The lowest BCUT2D eigenvalue weighted by molar-refractivity contribution is 0.760. The first-order valence-corrected chi connectivity index (χ1v) is 4.57. The number of hydrogen-bond donors (Lipinski definition) is 0. The van der Waals surface area contributed by atoms with Gasteiger partial charge in [0.15, 0.2) is 11.4 Å². The van der Waals surface area contributed by atoms with Gasteiger partial charge in [0.05, 0.1) is 19.1 Å². The van der Waals surface area contributed by atoms with Gasteiger partial charge in [0.2, 0.25) is 0 Å². The van der Waals surface area contributed by atoms with Crippen molar-refractivity contribution in [2.24, 2.45) is 7.05 Å². The molecular formula is C10H8N6. The summed E-state index contributed by atoms with van der Waals surface area (Å²) in [6, 6.07) is 3.86. The molecule has 0 aromatic carbocycles. The SMILES string of the molecule is Cn1cc(Cn2cnc(C#N)c2C#N)cn1. The van der Waals surface area contributed by atoms with Crippen molar-refractivity contribution in [3.63, 3.8) is 0 Å². The molecule has 16 heavy (non-hydrogen) atoms. The summed E-state index contributed by atoms with van der Waals surface area (Å²) in [7, 11) is 1.82. The second kappa shape index (κ2) is 3.87. The molecule has 2 aromatic rings. The van der Waals surface area contributed by atoms with E-state index in [0.717, 1.165) is 5.56 Å². The Morgan fingerprint density at radius 3 is 2.75 bits per heavy atom. The van der Waals surface area contributed by atoms with Crippen molar-refractivity contribution in [3.8, 4) is 12.1 Å². The fourth-order valence-corrected chi connectivity index (χ4v) is 1.45. The molecule has 0 unspecified atom stereocenters. The maximum atomic E-state index is 8.92. The van der Waals surface area contributed by atoms with Crippen molar-refractivity contribution in [2.75, 3.05) is 0 Å². The van der Waals surface area contributed by atoms with Crippen LogP contribution < -0.4 is 0 Å². The molecule has 6 nitrogen and oxygen atoms in total. The Bertz CT molecular complexity index is 592. The van der Waals surface area contributed by atoms with E-state index in [1.165, 1.54) is 6.33 Å². The van der Waals surface area contributed by atoms with Crippen LogP contribution in [0.2, 0.25) is 0 Å². The maximum Gasteiger partial charge on any atom is 0.176 e. The Morgan fingerprint density at radius 2 is 2.19 bits per heavy atom. The van der Waals surface area contributed by atoms with Crippen LogP contribution in [0.3, 0.4) is 0 Å². The molecule has 0 saturated carbocycles. The lowest BCUT2D eigenvalue weighted by Gasteiger charge is -1.99. The molecule has 0 spiro atoms. The van der Waals surface area contributed by atoms with Crippen molar-refractivity contribution < 1.29 is 0 Å². The highest BCUT2D eigenvalue weighted by atomic mass is 15.2. The third-order valence-electron chi connectivity index (χ3n) is 2.16. The highest BCUT2D eigenvalue weighted by Crippen LogP contribution is 2.08. The number of rotatable bonds is 2. The van der Waals surface area contributed by atoms with Crippen LogP contribution in [0.25, 0.3) is 0 Å². The van der Waals surface area contributed by atoms with Crippen molar-refractivity contribution in [2.45, 2.75) is 6.54 Å². The van der Waals surface area contributed by atoms with Crippen molar-refractivity contribution >= 4 is 0 Å². The van der Waals surface area contributed by atoms with E-state index in [9.17, 15) is 0 Å². The third-order valence-corrected chi connectivity index (χ3v) is 2.16. The van der Waals surface area contributed by atoms with Crippen molar-refractivity contribution in [1.29, 1.82) is 10.5 Å². The minimum Gasteiger partial charge on any atom is -0.317 e. The van der Waals surface area contributed by atoms with E-state index in [1.54, 1.807) is 15.4 Å². The highest BCUT2D eigenvalue weighted by Gasteiger charge is 2.10. The molecule has 6 heteroatoms. The van der Waals surface area contributed by atoms with Crippen LogP contribution in [0, 0.1) is 22.7 Å². The van der Waals surface area contributed by atoms with Crippen molar-refractivity contribution in [1.82, 2.24) is 19.3 Å². The molecule has 0 N–H and O–H groups in total. The van der Waals surface area contributed by atoms with E-state index in [4.69, 9.17) is 10.5 Å². The molecule has 0 aliphatic carbocycles. The minimum absolute atomic E-state index is 0.159. The summed E-state index contributed by atoms with van der Waals surface area (Å²) in [6.07, 6.45) is 5.06. The number of nitrogens with zero attached hydrogens (tertiary/aromatic N) is 6. The van der Waals surface area contributed by atoms with Crippen LogP contribution in [0.15, 0.2) is 18.7 Å². The quantitative estimate of drug-likeness (QED) is 0.721. The van der Waals surface area contributed by atoms with Gasteiger partial charge in [0, 0.05) is 18.8 Å². The van der Waals surface area contributed by atoms with Gasteiger partial charge in [0.1, 0.15) is 12.1 Å². The number of imidazole rings is 1. The second-order valence-corrected chi connectivity index (χ2v) is 3.32. The molecule has 0 bridgehead atoms. The molecule has 0 radical (unpaired) electrons. The highest BCUT2D eigenvalue weighted by molar-refractivity contribution is 5.36. The fraction of sp³-hybridized carbons (Fsp3) is 0.200. The van der Waals surface area contributed by atoms with Gasteiger partial charge in [-0.05, 0) is 0 Å². The second-order valence-electron chi connectivity index (χ2n) is 3.32. The van der Waals surface area contributed by atoms with Crippen LogP contribution in [-0.2, 0) is 13.6 Å². The first-order valence-electron chi connectivity index (χ1n) is 4.57. The molecule has 2 rings (SSSR count). The summed E-state index contributed by atoms with van der Waals surface area (Å²) in [4.78, 5) is 3.86. The van der Waals surface area contributed by atoms with E-state index in [2.05, 4.69) is 10.1 Å². The fourth-order valence-electron chi connectivity index (χ4n) is 1.45. The number of aryl methyl sites for hydroxylation is 1. The molecule has 2 aromatic heterocycles. The molecule has 0 saturated heterocycles. The Hall–Kier alpha value is -2.60. The van der Waals surface area contributed by atoms with Gasteiger partial charge in [-0.1, -0.05) is 0 Å². The zero-order chi connectivity index (χ0) is 11.5. The molecular weight excluding hydrogens is 204 g/mol. The molecule has 0 atom stereocenters. The first kappa shape index (κ1) is 9.94. The van der Waals surface area contributed by atoms with Crippen molar-refractivity contribution in [3.05, 3.63) is 35.7 Å². The van der Waals surface area contributed by atoms with Crippen LogP contribution in [-0.4, -0.2) is 19.3 Å². The smallest absolute Gasteiger partial charge is 0.176 e. The molecule has 0 amide bonds. The summed E-state index contributed by atoms with van der Waals surface area (Å²) < 4.78 is 3.32. The normalized spacial score (nSPS) is 9.69. The van der Waals surface area contributed by atoms with E-state index < -0.39 is 0 Å². The summed E-state index contributed by atoms with van der Waals surface area (Å²) in [5.74, 6) is 0. The molecule has 0 aliphatic heterocycles. The topological polar surface area (TPSA) is 83.2 Å². The molecule has 0 aliphatic rings. The van der Waals surface area contributed by atoms with E-state index in [0.29, 0.717) is 6.54 Å². The standard InChI is InChI=1S/C10H8N6/c1-15-5-8(4-14-15)6-16-7-13-9(2-11)10(16)3-12/h4-5,7H,6H2,1H3. The monoisotopic (exact) mass is 212 g/mol. The van der Waals surface area contributed by atoms with Crippen LogP contribution >= 0.6 is 0 Å². The lowest BCUT2D eigenvalue weighted by atomic mass is 10.3. The lowest BCUT2D eigenvalue weighted by Crippen LogP contribution is -2.00. The average Bonchev–Trinajstić information content (AvgIpc) is 2.85. The van der Waals surface area contributed by atoms with Gasteiger partial charge < -0.3 is 4.57 Å². The predicted octanol–water partition coefficient (Wildman–Crippen LogP) is 0.408.